The van der Waals surface area contributed by atoms with Crippen molar-refractivity contribution in [2.45, 2.75) is 78.0 Å². The number of nitrogens with zero attached hydrogens (tertiary/aromatic N) is 1. The summed E-state index contributed by atoms with van der Waals surface area (Å²) in [5.74, 6) is 0. The number of hydrogen-bond donors (Lipinski definition) is 1. The lowest BCUT2D eigenvalue weighted by atomic mass is 9.85. The highest BCUT2D eigenvalue weighted by Gasteiger charge is 2.35. The van der Waals surface area contributed by atoms with E-state index in [-0.39, 0.29) is 0 Å². The van der Waals surface area contributed by atoms with Gasteiger partial charge >= 0.3 is 0 Å². The van der Waals surface area contributed by atoms with E-state index in [9.17, 15) is 0 Å². The highest BCUT2D eigenvalue weighted by atomic mass is 15.2. The fourth-order valence-corrected chi connectivity index (χ4v) is 2.99. The van der Waals surface area contributed by atoms with Gasteiger partial charge in [0, 0.05) is 30.2 Å². The molecule has 0 spiro atoms. The van der Waals surface area contributed by atoms with Gasteiger partial charge in [0.2, 0.25) is 0 Å². The smallest absolute Gasteiger partial charge is 0.0170 e. The Hall–Kier alpha value is -0.0800. The zero-order valence-corrected chi connectivity index (χ0v) is 11.3. The van der Waals surface area contributed by atoms with E-state index in [1.807, 2.05) is 0 Å². The largest absolute Gasteiger partial charge is 0.312 e. The maximum Gasteiger partial charge on any atom is 0.0170 e. The molecule has 1 heterocycles. The molecule has 1 rings (SSSR count). The number of likely N-dealkylation sites (tertiary alicyclic amines) is 1. The maximum atomic E-state index is 3.67. The van der Waals surface area contributed by atoms with Crippen LogP contribution in [0.25, 0.3) is 0 Å². The molecule has 1 atom stereocenters. The molecule has 0 aromatic heterocycles. The van der Waals surface area contributed by atoms with E-state index in [0.29, 0.717) is 23.7 Å². The average molecular weight is 212 g/mol. The monoisotopic (exact) mass is 212 g/mol. The zero-order chi connectivity index (χ0) is 11.6. The number of piperidine rings is 1. The molecule has 0 radical (unpaired) electrons. The molecule has 0 aromatic carbocycles. The van der Waals surface area contributed by atoms with Crippen LogP contribution in [0.3, 0.4) is 0 Å². The van der Waals surface area contributed by atoms with Gasteiger partial charge in [-0.1, -0.05) is 13.8 Å². The molecule has 0 saturated carbocycles. The molecule has 2 heteroatoms. The van der Waals surface area contributed by atoms with Crippen molar-refractivity contribution < 1.29 is 0 Å². The molecule has 1 N–H and O–H groups in total. The lowest BCUT2D eigenvalue weighted by Crippen LogP contribution is -2.57. The first kappa shape index (κ1) is 13.0. The van der Waals surface area contributed by atoms with Crippen molar-refractivity contribution in [3.8, 4) is 0 Å². The van der Waals surface area contributed by atoms with Crippen molar-refractivity contribution in [3.63, 3.8) is 0 Å². The van der Waals surface area contributed by atoms with Crippen LogP contribution in [0.4, 0.5) is 0 Å². The minimum atomic E-state index is 0.346. The predicted molar refractivity (Wildman–Crippen MR) is 67.2 cm³/mol. The van der Waals surface area contributed by atoms with Crippen LogP contribution in [0.15, 0.2) is 0 Å². The molecule has 0 aliphatic carbocycles. The Morgan fingerprint density at radius 3 is 2.20 bits per heavy atom. The zero-order valence-electron chi connectivity index (χ0n) is 11.3. The summed E-state index contributed by atoms with van der Waals surface area (Å²) in [5.41, 5.74) is 0.346. The van der Waals surface area contributed by atoms with Gasteiger partial charge in [-0.05, 0) is 40.5 Å². The summed E-state index contributed by atoms with van der Waals surface area (Å²) in [6.07, 6.45) is 2.56. The summed E-state index contributed by atoms with van der Waals surface area (Å²) in [6.45, 7) is 15.1. The third-order valence-electron chi connectivity index (χ3n) is 3.43. The van der Waals surface area contributed by atoms with Crippen molar-refractivity contribution in [1.82, 2.24) is 10.2 Å². The summed E-state index contributed by atoms with van der Waals surface area (Å²) in [7, 11) is 0. The highest BCUT2D eigenvalue weighted by Crippen LogP contribution is 2.29. The Bertz CT molecular complexity index is 197. The normalized spacial score (nSPS) is 27.6. The van der Waals surface area contributed by atoms with E-state index >= 15 is 0 Å². The summed E-state index contributed by atoms with van der Waals surface area (Å²) in [5, 5.41) is 3.67. The molecule has 1 aliphatic rings. The van der Waals surface area contributed by atoms with E-state index < -0.39 is 0 Å². The molecule has 1 fully saturated rings. The summed E-state index contributed by atoms with van der Waals surface area (Å²) < 4.78 is 0. The molecule has 90 valence electrons. The Morgan fingerprint density at radius 2 is 1.80 bits per heavy atom. The van der Waals surface area contributed by atoms with Gasteiger partial charge in [-0.2, -0.15) is 0 Å². The van der Waals surface area contributed by atoms with Gasteiger partial charge in [-0.3, -0.25) is 4.90 Å². The Labute approximate surface area is 95.4 Å². The van der Waals surface area contributed by atoms with Gasteiger partial charge in [0.05, 0.1) is 0 Å². The second-order valence-electron chi connectivity index (χ2n) is 6.11. The van der Waals surface area contributed by atoms with Crippen LogP contribution in [0, 0.1) is 0 Å². The maximum absolute atomic E-state index is 3.67. The molecule has 0 amide bonds. The molecule has 0 aromatic rings. The van der Waals surface area contributed by atoms with Crippen molar-refractivity contribution in [2.24, 2.45) is 0 Å². The second-order valence-corrected chi connectivity index (χ2v) is 6.11. The van der Waals surface area contributed by atoms with Crippen molar-refractivity contribution in [1.29, 1.82) is 0 Å². The lowest BCUT2D eigenvalue weighted by Gasteiger charge is -2.48. The van der Waals surface area contributed by atoms with Gasteiger partial charge in [0.15, 0.2) is 0 Å². The second kappa shape index (κ2) is 4.84. The fraction of sp³-hybridized carbons (Fsp3) is 1.00. The Kier molecular flexibility index (Phi) is 4.19. The minimum absolute atomic E-state index is 0.346. The third-order valence-corrected chi connectivity index (χ3v) is 3.43. The molecule has 1 aliphatic heterocycles. The summed E-state index contributed by atoms with van der Waals surface area (Å²) in [4.78, 5) is 2.63. The standard InChI is InChI=1S/C13H28N2/c1-10(2)14-12-7-8-15(11(3)4)13(5,6)9-12/h10-12,14H,7-9H2,1-6H3. The van der Waals surface area contributed by atoms with Crippen molar-refractivity contribution in [2.75, 3.05) is 6.54 Å². The van der Waals surface area contributed by atoms with Crippen LogP contribution in [-0.4, -0.2) is 35.1 Å². The molecule has 0 bridgehead atoms. The molecular weight excluding hydrogens is 184 g/mol. The molecule has 15 heavy (non-hydrogen) atoms. The number of nitrogens with one attached hydrogen (secondary N) is 1. The topological polar surface area (TPSA) is 15.3 Å². The number of hydrogen-bond acceptors (Lipinski definition) is 2. The van der Waals surface area contributed by atoms with E-state index in [1.54, 1.807) is 0 Å². The minimum Gasteiger partial charge on any atom is -0.312 e. The first-order valence-corrected chi connectivity index (χ1v) is 6.35. The van der Waals surface area contributed by atoms with E-state index in [0.717, 1.165) is 0 Å². The van der Waals surface area contributed by atoms with Crippen LogP contribution in [-0.2, 0) is 0 Å². The van der Waals surface area contributed by atoms with Crippen LogP contribution >= 0.6 is 0 Å². The molecule has 1 unspecified atom stereocenters. The van der Waals surface area contributed by atoms with E-state index in [4.69, 9.17) is 0 Å². The first-order valence-electron chi connectivity index (χ1n) is 6.35. The highest BCUT2D eigenvalue weighted by molar-refractivity contribution is 4.93. The van der Waals surface area contributed by atoms with Gasteiger partial charge in [0.25, 0.3) is 0 Å². The van der Waals surface area contributed by atoms with Crippen molar-refractivity contribution >= 4 is 0 Å². The van der Waals surface area contributed by atoms with Crippen LogP contribution in [0.5, 0.6) is 0 Å². The molecular formula is C13H28N2. The Balaban J connectivity index is 2.56. The van der Waals surface area contributed by atoms with E-state index in [1.165, 1.54) is 19.4 Å². The van der Waals surface area contributed by atoms with Gasteiger partial charge in [-0.25, -0.2) is 0 Å². The fourth-order valence-electron chi connectivity index (χ4n) is 2.99. The molecule has 1 saturated heterocycles. The number of rotatable bonds is 3. The summed E-state index contributed by atoms with van der Waals surface area (Å²) >= 11 is 0. The van der Waals surface area contributed by atoms with Gasteiger partial charge < -0.3 is 5.32 Å². The predicted octanol–water partition coefficient (Wildman–Crippen LogP) is 2.64. The quantitative estimate of drug-likeness (QED) is 0.773. The SMILES string of the molecule is CC(C)NC1CCN(C(C)C)C(C)(C)C1. The van der Waals surface area contributed by atoms with Crippen LogP contribution < -0.4 is 5.32 Å². The van der Waals surface area contributed by atoms with Crippen LogP contribution in [0.2, 0.25) is 0 Å². The Morgan fingerprint density at radius 1 is 1.20 bits per heavy atom. The molecule has 2 nitrogen and oxygen atoms in total. The van der Waals surface area contributed by atoms with Crippen LogP contribution in [0.1, 0.15) is 54.4 Å². The first-order chi connectivity index (χ1) is 6.83. The van der Waals surface area contributed by atoms with Gasteiger partial charge in [-0.15, -0.1) is 0 Å². The summed E-state index contributed by atoms with van der Waals surface area (Å²) in [6, 6.07) is 1.98. The third kappa shape index (κ3) is 3.46. The van der Waals surface area contributed by atoms with Gasteiger partial charge in [0.1, 0.15) is 0 Å². The average Bonchev–Trinajstić information content (AvgIpc) is 1.99. The van der Waals surface area contributed by atoms with E-state index in [2.05, 4.69) is 51.8 Å². The van der Waals surface area contributed by atoms with Crippen molar-refractivity contribution in [3.05, 3.63) is 0 Å². The lowest BCUT2D eigenvalue weighted by molar-refractivity contribution is 0.0300.